The first-order valence-electron chi connectivity index (χ1n) is 9.96. The van der Waals surface area contributed by atoms with E-state index in [2.05, 4.69) is 0 Å². The average molecular weight is 433 g/mol. The van der Waals surface area contributed by atoms with E-state index in [4.69, 9.17) is 18.9 Å². The molecule has 0 aliphatic carbocycles. The Hall–Kier alpha value is -1.71. The van der Waals surface area contributed by atoms with Crippen molar-refractivity contribution in [1.29, 1.82) is 0 Å². The van der Waals surface area contributed by atoms with Crippen LogP contribution in [-0.4, -0.2) is 65.4 Å². The van der Waals surface area contributed by atoms with Crippen LogP contribution < -0.4 is 0 Å². The van der Waals surface area contributed by atoms with Crippen LogP contribution in [0.25, 0.3) is 0 Å². The lowest BCUT2D eigenvalue weighted by atomic mass is 9.94. The SMILES string of the molecule is CC(C)(C)C(=O)OC[C@H]1O[C@@H](O)[C@@H](OC(=O)C(C)(C)C)[C@@H](OC(=O)C(C)(C)C)[C@@H]1O. The van der Waals surface area contributed by atoms with E-state index in [1.165, 1.54) is 0 Å². The molecule has 2 N–H and O–H groups in total. The van der Waals surface area contributed by atoms with Crippen molar-refractivity contribution in [2.24, 2.45) is 16.2 Å². The molecule has 1 aliphatic rings. The minimum Gasteiger partial charge on any atom is -0.462 e. The highest BCUT2D eigenvalue weighted by molar-refractivity contribution is 5.77. The van der Waals surface area contributed by atoms with E-state index >= 15 is 0 Å². The summed E-state index contributed by atoms with van der Waals surface area (Å²) in [6.07, 6.45) is -7.26. The smallest absolute Gasteiger partial charge is 0.311 e. The maximum Gasteiger partial charge on any atom is 0.311 e. The van der Waals surface area contributed by atoms with Gasteiger partial charge in [0.1, 0.15) is 18.8 Å². The zero-order valence-electron chi connectivity index (χ0n) is 19.3. The van der Waals surface area contributed by atoms with Crippen LogP contribution in [0.1, 0.15) is 62.3 Å². The van der Waals surface area contributed by atoms with Gasteiger partial charge in [-0.25, -0.2) is 0 Å². The van der Waals surface area contributed by atoms with Crippen molar-refractivity contribution in [3.8, 4) is 0 Å². The fourth-order valence-corrected chi connectivity index (χ4v) is 2.28. The molecule has 1 fully saturated rings. The predicted molar refractivity (Wildman–Crippen MR) is 106 cm³/mol. The molecular formula is C21H36O9. The first kappa shape index (κ1) is 26.3. The van der Waals surface area contributed by atoms with Gasteiger partial charge in [-0.05, 0) is 62.3 Å². The zero-order chi connectivity index (χ0) is 23.7. The summed E-state index contributed by atoms with van der Waals surface area (Å²) < 4.78 is 21.3. The fraction of sp³-hybridized carbons (Fsp3) is 0.857. The van der Waals surface area contributed by atoms with Crippen molar-refractivity contribution in [2.75, 3.05) is 6.61 Å². The molecule has 0 aromatic rings. The maximum absolute atomic E-state index is 12.4. The summed E-state index contributed by atoms with van der Waals surface area (Å²) in [5.74, 6) is -1.86. The second kappa shape index (κ2) is 9.20. The molecule has 0 radical (unpaired) electrons. The number of ether oxygens (including phenoxy) is 4. The fourth-order valence-electron chi connectivity index (χ4n) is 2.28. The molecule has 0 unspecified atom stereocenters. The van der Waals surface area contributed by atoms with E-state index in [1.807, 2.05) is 0 Å². The van der Waals surface area contributed by atoms with Crippen LogP contribution in [0.2, 0.25) is 0 Å². The minimum absolute atomic E-state index is 0.377. The molecular weight excluding hydrogens is 396 g/mol. The van der Waals surface area contributed by atoms with Crippen molar-refractivity contribution in [1.82, 2.24) is 0 Å². The Labute approximate surface area is 178 Å². The molecule has 0 spiro atoms. The number of rotatable bonds is 4. The number of aliphatic hydroxyl groups excluding tert-OH is 2. The van der Waals surface area contributed by atoms with Crippen LogP contribution in [0.4, 0.5) is 0 Å². The Bertz CT molecular complexity index is 636. The van der Waals surface area contributed by atoms with Crippen LogP contribution >= 0.6 is 0 Å². The Balaban J connectivity index is 3.09. The molecule has 0 aromatic heterocycles. The molecule has 0 aromatic carbocycles. The van der Waals surface area contributed by atoms with Crippen LogP contribution in [0.3, 0.4) is 0 Å². The molecule has 1 rings (SSSR count). The Morgan fingerprint density at radius 3 is 1.53 bits per heavy atom. The van der Waals surface area contributed by atoms with E-state index in [0.717, 1.165) is 0 Å². The second-order valence-corrected chi connectivity index (χ2v) is 10.6. The summed E-state index contributed by atoms with van der Waals surface area (Å²) in [7, 11) is 0. The summed E-state index contributed by atoms with van der Waals surface area (Å²) in [4.78, 5) is 36.8. The maximum atomic E-state index is 12.4. The molecule has 5 atom stereocenters. The molecule has 1 saturated heterocycles. The molecule has 0 amide bonds. The number of carbonyl (C=O) groups excluding carboxylic acids is 3. The van der Waals surface area contributed by atoms with Crippen molar-refractivity contribution in [3.63, 3.8) is 0 Å². The summed E-state index contributed by atoms with van der Waals surface area (Å²) in [6, 6.07) is 0. The first-order chi connectivity index (χ1) is 13.4. The lowest BCUT2D eigenvalue weighted by Gasteiger charge is -2.42. The molecule has 0 saturated carbocycles. The molecule has 174 valence electrons. The summed E-state index contributed by atoms with van der Waals surface area (Å²) in [5.41, 5.74) is -2.58. The van der Waals surface area contributed by atoms with E-state index in [1.54, 1.807) is 62.3 Å². The third kappa shape index (κ3) is 6.92. The van der Waals surface area contributed by atoms with Gasteiger partial charge in [0.25, 0.3) is 0 Å². The third-order valence-electron chi connectivity index (χ3n) is 4.34. The van der Waals surface area contributed by atoms with Gasteiger partial charge in [-0.3, -0.25) is 14.4 Å². The highest BCUT2D eigenvalue weighted by Gasteiger charge is 2.51. The van der Waals surface area contributed by atoms with Crippen molar-refractivity contribution in [2.45, 2.75) is 93.0 Å². The largest absolute Gasteiger partial charge is 0.462 e. The average Bonchev–Trinajstić information content (AvgIpc) is 2.56. The molecule has 0 bridgehead atoms. The molecule has 30 heavy (non-hydrogen) atoms. The van der Waals surface area contributed by atoms with Crippen LogP contribution in [0.15, 0.2) is 0 Å². The van der Waals surface area contributed by atoms with Gasteiger partial charge < -0.3 is 29.2 Å². The molecule has 9 nitrogen and oxygen atoms in total. The topological polar surface area (TPSA) is 129 Å². The lowest BCUT2D eigenvalue weighted by molar-refractivity contribution is -0.297. The van der Waals surface area contributed by atoms with Gasteiger partial charge in [0.05, 0.1) is 16.2 Å². The second-order valence-electron chi connectivity index (χ2n) is 10.6. The number of hydrogen-bond acceptors (Lipinski definition) is 9. The van der Waals surface area contributed by atoms with Crippen molar-refractivity contribution in [3.05, 3.63) is 0 Å². The molecule has 1 aliphatic heterocycles. The van der Waals surface area contributed by atoms with Crippen LogP contribution in [0, 0.1) is 16.2 Å². The summed E-state index contributed by atoms with van der Waals surface area (Å²) in [5, 5.41) is 21.2. The van der Waals surface area contributed by atoms with Crippen molar-refractivity contribution >= 4 is 17.9 Å². The van der Waals surface area contributed by atoms with E-state index < -0.39 is 64.9 Å². The summed E-state index contributed by atoms with van der Waals surface area (Å²) in [6.45, 7) is 14.3. The predicted octanol–water partition coefficient (Wildman–Crippen LogP) is 1.57. The number of carbonyl (C=O) groups is 3. The first-order valence-corrected chi connectivity index (χ1v) is 9.96. The molecule has 9 heteroatoms. The Morgan fingerprint density at radius 2 is 1.13 bits per heavy atom. The van der Waals surface area contributed by atoms with Gasteiger partial charge in [0.2, 0.25) is 0 Å². The normalized spacial score (nSPS) is 27.9. The highest BCUT2D eigenvalue weighted by atomic mass is 16.7. The quantitative estimate of drug-likeness (QED) is 0.502. The van der Waals surface area contributed by atoms with Crippen molar-refractivity contribution < 1.29 is 43.5 Å². The Kier molecular flexibility index (Phi) is 8.07. The van der Waals surface area contributed by atoms with Gasteiger partial charge in [-0.15, -0.1) is 0 Å². The van der Waals surface area contributed by atoms with Gasteiger partial charge in [-0.2, -0.15) is 0 Å². The highest BCUT2D eigenvalue weighted by Crippen LogP contribution is 2.30. The van der Waals surface area contributed by atoms with Gasteiger partial charge >= 0.3 is 17.9 Å². The minimum atomic E-state index is -1.70. The number of aliphatic hydroxyl groups is 2. The van der Waals surface area contributed by atoms with E-state index in [-0.39, 0.29) is 6.61 Å². The Morgan fingerprint density at radius 1 is 0.733 bits per heavy atom. The van der Waals surface area contributed by atoms with Gasteiger partial charge in [-0.1, -0.05) is 0 Å². The van der Waals surface area contributed by atoms with Crippen LogP contribution in [0.5, 0.6) is 0 Å². The third-order valence-corrected chi connectivity index (χ3v) is 4.34. The standard InChI is InChI=1S/C21H36O9/c1-19(2,3)16(24)27-10-11-12(22)13(29-17(25)20(4,5)6)14(15(23)28-11)30-18(26)21(7,8)9/h11-15,22-23H,10H2,1-9H3/t11-,12-,13+,14+,15-/m1/s1. The monoisotopic (exact) mass is 432 g/mol. The number of hydrogen-bond donors (Lipinski definition) is 2. The van der Waals surface area contributed by atoms with E-state index in [0.29, 0.717) is 0 Å². The lowest BCUT2D eigenvalue weighted by Crippen LogP contribution is -2.62. The number of esters is 3. The van der Waals surface area contributed by atoms with Gasteiger partial charge in [0.15, 0.2) is 18.5 Å². The summed E-state index contributed by atoms with van der Waals surface area (Å²) >= 11 is 0. The van der Waals surface area contributed by atoms with E-state index in [9.17, 15) is 24.6 Å². The zero-order valence-corrected chi connectivity index (χ0v) is 19.3. The van der Waals surface area contributed by atoms with Crippen LogP contribution in [-0.2, 0) is 33.3 Å². The molecule has 1 heterocycles. The van der Waals surface area contributed by atoms with Gasteiger partial charge in [0, 0.05) is 0 Å².